The highest BCUT2D eigenvalue weighted by atomic mass is 32.1. The zero-order valence-electron chi connectivity index (χ0n) is 12.0. The van der Waals surface area contributed by atoms with Crippen LogP contribution in [0.1, 0.15) is 29.2 Å². The number of carbonyl (C=O) groups is 1. The van der Waals surface area contributed by atoms with E-state index in [1.54, 1.807) is 9.58 Å². The third-order valence-corrected chi connectivity index (χ3v) is 4.32. The second-order valence-electron chi connectivity index (χ2n) is 5.31. The third kappa shape index (κ3) is 2.32. The van der Waals surface area contributed by atoms with Crippen molar-refractivity contribution in [3.05, 3.63) is 10.6 Å². The lowest BCUT2D eigenvalue weighted by Gasteiger charge is -2.18. The first kappa shape index (κ1) is 13.9. The average Bonchev–Trinajstić information content (AvgIpc) is 2.77. The van der Waals surface area contributed by atoms with E-state index in [0.29, 0.717) is 16.5 Å². The van der Waals surface area contributed by atoms with E-state index in [1.807, 2.05) is 21.0 Å². The third-order valence-electron chi connectivity index (χ3n) is 3.06. The molecule has 2 aromatic heterocycles. The van der Waals surface area contributed by atoms with Gasteiger partial charge in [0.2, 0.25) is 0 Å². The molecule has 0 aliphatic heterocycles. The van der Waals surface area contributed by atoms with Crippen molar-refractivity contribution in [2.24, 2.45) is 13.0 Å². The maximum absolute atomic E-state index is 12.4. The molecule has 0 saturated heterocycles. The van der Waals surface area contributed by atoms with Gasteiger partial charge in [0.25, 0.3) is 5.91 Å². The van der Waals surface area contributed by atoms with Crippen LogP contribution in [0.15, 0.2) is 0 Å². The average molecular weight is 280 g/mol. The summed E-state index contributed by atoms with van der Waals surface area (Å²) in [5.74, 6) is 0.430. The molecule has 2 aromatic rings. The summed E-state index contributed by atoms with van der Waals surface area (Å²) in [4.78, 5) is 15.7. The summed E-state index contributed by atoms with van der Waals surface area (Å²) in [5, 5.41) is 5.24. The number of hydrogen-bond donors (Lipinski definition) is 1. The first-order chi connectivity index (χ1) is 8.82. The van der Waals surface area contributed by atoms with Crippen LogP contribution in [-0.2, 0) is 7.05 Å². The molecule has 2 N–H and O–H groups in total. The maximum Gasteiger partial charge on any atom is 0.265 e. The van der Waals surface area contributed by atoms with E-state index in [9.17, 15) is 4.79 Å². The molecule has 0 radical (unpaired) electrons. The van der Waals surface area contributed by atoms with Gasteiger partial charge in [-0.25, -0.2) is 0 Å². The Bertz CT molecular complexity index is 626. The summed E-state index contributed by atoms with van der Waals surface area (Å²) >= 11 is 1.42. The Hall–Kier alpha value is -1.56. The molecular formula is C13H20N4OS. The van der Waals surface area contributed by atoms with E-state index >= 15 is 0 Å². The van der Waals surface area contributed by atoms with E-state index in [1.165, 1.54) is 11.3 Å². The van der Waals surface area contributed by atoms with E-state index in [-0.39, 0.29) is 5.91 Å². The minimum Gasteiger partial charge on any atom is -0.397 e. The van der Waals surface area contributed by atoms with Crippen LogP contribution in [0.5, 0.6) is 0 Å². The molecule has 2 heterocycles. The summed E-state index contributed by atoms with van der Waals surface area (Å²) in [6.45, 7) is 6.82. The van der Waals surface area contributed by atoms with Gasteiger partial charge in [-0.3, -0.25) is 9.48 Å². The molecule has 0 saturated carbocycles. The Morgan fingerprint density at radius 2 is 2.16 bits per heavy atom. The van der Waals surface area contributed by atoms with Crippen molar-refractivity contribution in [2.75, 3.05) is 19.3 Å². The number of carbonyl (C=O) groups excluding carboxylic acids is 1. The van der Waals surface area contributed by atoms with E-state index in [0.717, 1.165) is 22.5 Å². The second kappa shape index (κ2) is 4.85. The lowest BCUT2D eigenvalue weighted by molar-refractivity contribution is 0.0785. The number of thiophene rings is 1. The van der Waals surface area contributed by atoms with Crippen LogP contribution in [0.3, 0.4) is 0 Å². The van der Waals surface area contributed by atoms with Gasteiger partial charge in [-0.05, 0) is 12.8 Å². The fraction of sp³-hybridized carbons (Fsp3) is 0.538. The lowest BCUT2D eigenvalue weighted by atomic mass is 10.2. The number of fused-ring (bicyclic) bond motifs is 1. The van der Waals surface area contributed by atoms with Gasteiger partial charge < -0.3 is 10.6 Å². The molecule has 0 aliphatic carbocycles. The Morgan fingerprint density at radius 1 is 1.53 bits per heavy atom. The molecule has 0 aliphatic rings. The number of anilines is 1. The molecule has 104 valence electrons. The van der Waals surface area contributed by atoms with Gasteiger partial charge in [0, 0.05) is 20.6 Å². The van der Waals surface area contributed by atoms with Crippen molar-refractivity contribution < 1.29 is 4.79 Å². The van der Waals surface area contributed by atoms with Crippen LogP contribution in [0, 0.1) is 12.8 Å². The molecule has 19 heavy (non-hydrogen) atoms. The topological polar surface area (TPSA) is 64.2 Å². The van der Waals surface area contributed by atoms with Crippen LogP contribution in [-0.4, -0.2) is 34.2 Å². The lowest BCUT2D eigenvalue weighted by Crippen LogP contribution is -2.30. The van der Waals surface area contributed by atoms with Crippen LogP contribution < -0.4 is 5.73 Å². The highest BCUT2D eigenvalue weighted by molar-refractivity contribution is 7.21. The second-order valence-corrected chi connectivity index (χ2v) is 6.31. The van der Waals surface area contributed by atoms with E-state index in [4.69, 9.17) is 5.73 Å². The minimum absolute atomic E-state index is 0.00759. The normalized spacial score (nSPS) is 11.5. The van der Waals surface area contributed by atoms with Gasteiger partial charge in [-0.15, -0.1) is 11.3 Å². The van der Waals surface area contributed by atoms with Crippen molar-refractivity contribution in [1.29, 1.82) is 0 Å². The molecule has 2 rings (SSSR count). The fourth-order valence-electron chi connectivity index (χ4n) is 2.29. The molecule has 0 spiro atoms. The zero-order valence-corrected chi connectivity index (χ0v) is 12.8. The van der Waals surface area contributed by atoms with E-state index < -0.39 is 0 Å². The molecule has 6 heteroatoms. The minimum atomic E-state index is -0.00759. The maximum atomic E-state index is 12.4. The van der Waals surface area contributed by atoms with Crippen molar-refractivity contribution in [3.63, 3.8) is 0 Å². The molecule has 0 aromatic carbocycles. The van der Waals surface area contributed by atoms with Gasteiger partial charge in [-0.2, -0.15) is 5.10 Å². The van der Waals surface area contributed by atoms with Crippen molar-refractivity contribution in [3.8, 4) is 0 Å². The molecule has 0 atom stereocenters. The number of amides is 1. The Kier molecular flexibility index (Phi) is 3.54. The summed E-state index contributed by atoms with van der Waals surface area (Å²) < 4.78 is 1.78. The number of aromatic nitrogens is 2. The molecule has 0 fully saturated rings. The number of hydrogen-bond acceptors (Lipinski definition) is 4. The number of aryl methyl sites for hydroxylation is 2. The number of nitrogens with zero attached hydrogens (tertiary/aromatic N) is 3. The Labute approximate surface area is 117 Å². The number of rotatable bonds is 3. The fourth-order valence-corrected chi connectivity index (χ4v) is 3.47. The van der Waals surface area contributed by atoms with Gasteiger partial charge in [0.1, 0.15) is 9.71 Å². The first-order valence-corrected chi connectivity index (χ1v) is 7.11. The summed E-state index contributed by atoms with van der Waals surface area (Å²) in [7, 11) is 3.69. The van der Waals surface area contributed by atoms with Crippen molar-refractivity contribution in [1.82, 2.24) is 14.7 Å². The van der Waals surface area contributed by atoms with Crippen LogP contribution >= 0.6 is 11.3 Å². The highest BCUT2D eigenvalue weighted by Gasteiger charge is 2.23. The summed E-state index contributed by atoms with van der Waals surface area (Å²) in [6, 6.07) is 0. The van der Waals surface area contributed by atoms with Crippen molar-refractivity contribution >= 4 is 33.1 Å². The van der Waals surface area contributed by atoms with Gasteiger partial charge in [0.15, 0.2) is 0 Å². The van der Waals surface area contributed by atoms with E-state index in [2.05, 4.69) is 18.9 Å². The van der Waals surface area contributed by atoms with Crippen molar-refractivity contribution in [2.45, 2.75) is 20.8 Å². The Balaban J connectivity index is 2.43. The molecule has 5 nitrogen and oxygen atoms in total. The number of nitrogen functional groups attached to an aromatic ring is 1. The SMILES string of the molecule is Cc1nn(C)c2sc(C(=O)N(C)CC(C)C)c(N)c12. The molecule has 0 unspecified atom stereocenters. The monoisotopic (exact) mass is 280 g/mol. The molecular weight excluding hydrogens is 260 g/mol. The van der Waals surface area contributed by atoms with Gasteiger partial charge >= 0.3 is 0 Å². The van der Waals surface area contributed by atoms with Crippen LogP contribution in [0.4, 0.5) is 5.69 Å². The predicted octanol–water partition coefficient (Wildman–Crippen LogP) is 2.25. The van der Waals surface area contributed by atoms with Gasteiger partial charge in [-0.1, -0.05) is 13.8 Å². The largest absolute Gasteiger partial charge is 0.397 e. The molecule has 0 bridgehead atoms. The summed E-state index contributed by atoms with van der Waals surface area (Å²) in [6.07, 6.45) is 0. The first-order valence-electron chi connectivity index (χ1n) is 6.30. The quantitative estimate of drug-likeness (QED) is 0.938. The predicted molar refractivity (Wildman–Crippen MR) is 79.5 cm³/mol. The van der Waals surface area contributed by atoms with Crippen LogP contribution in [0.25, 0.3) is 10.2 Å². The van der Waals surface area contributed by atoms with Crippen LogP contribution in [0.2, 0.25) is 0 Å². The smallest absolute Gasteiger partial charge is 0.265 e. The van der Waals surface area contributed by atoms with Gasteiger partial charge in [0.05, 0.1) is 16.8 Å². The Morgan fingerprint density at radius 3 is 2.68 bits per heavy atom. The summed E-state index contributed by atoms with van der Waals surface area (Å²) in [5.41, 5.74) is 7.57. The highest BCUT2D eigenvalue weighted by Crippen LogP contribution is 2.36. The molecule has 1 amide bonds. The standard InChI is InChI=1S/C13H20N4OS/c1-7(2)6-16(4)12(18)11-10(14)9-8(3)15-17(5)13(9)19-11/h7H,6,14H2,1-5H3. The number of nitrogens with two attached hydrogens (primary N) is 1. The zero-order chi connectivity index (χ0) is 14.3.